The van der Waals surface area contributed by atoms with Gasteiger partial charge in [0.15, 0.2) is 5.96 Å². The Hall–Kier alpha value is -1.03. The molecule has 19 heavy (non-hydrogen) atoms. The summed E-state index contributed by atoms with van der Waals surface area (Å²) in [5.41, 5.74) is 1.74. The number of hydrogen-bond acceptors (Lipinski definition) is 3. The highest BCUT2D eigenvalue weighted by molar-refractivity contribution is 9.10. The van der Waals surface area contributed by atoms with Gasteiger partial charge >= 0.3 is 0 Å². The molecule has 1 aromatic rings. The predicted molar refractivity (Wildman–Crippen MR) is 82.6 cm³/mol. The molecule has 1 saturated carbocycles. The average Bonchev–Trinajstić information content (AvgIpc) is 2.39. The molecule has 3 nitrogen and oxygen atoms in total. The third kappa shape index (κ3) is 2.78. The van der Waals surface area contributed by atoms with Crippen LogP contribution in [0.5, 0.6) is 0 Å². The van der Waals surface area contributed by atoms with Crippen molar-refractivity contribution in [3.63, 3.8) is 0 Å². The highest BCUT2D eigenvalue weighted by Crippen LogP contribution is 2.43. The van der Waals surface area contributed by atoms with Crippen LogP contribution in [-0.2, 0) is 5.41 Å². The summed E-state index contributed by atoms with van der Waals surface area (Å²) < 4.78 is 1.17. The lowest BCUT2D eigenvalue weighted by molar-refractivity contribution is 0.243. The van der Waals surface area contributed by atoms with E-state index in [0.717, 1.165) is 32.0 Å². The molecule has 3 rings (SSSR count). The molecule has 0 unspecified atom stereocenters. The van der Waals surface area contributed by atoms with Crippen LogP contribution in [0.3, 0.4) is 0 Å². The summed E-state index contributed by atoms with van der Waals surface area (Å²) in [4.78, 5) is 4.49. The highest BCUT2D eigenvalue weighted by Gasteiger charge is 2.38. The minimum Gasteiger partial charge on any atom is -0.356 e. The van der Waals surface area contributed by atoms with E-state index in [-0.39, 0.29) is 0 Å². The first kappa shape index (κ1) is 13.0. The molecule has 0 radical (unpaired) electrons. The zero-order valence-electron chi connectivity index (χ0n) is 11.1. The van der Waals surface area contributed by atoms with Gasteiger partial charge in [-0.3, -0.25) is 4.99 Å². The first-order valence-electron chi connectivity index (χ1n) is 7.07. The summed E-state index contributed by atoms with van der Waals surface area (Å²) in [5, 5.41) is 6.84. The van der Waals surface area contributed by atoms with E-state index < -0.39 is 0 Å². The molecule has 1 aliphatic carbocycles. The molecular weight excluding hydrogens is 302 g/mol. The van der Waals surface area contributed by atoms with Gasteiger partial charge in [0.05, 0.1) is 0 Å². The summed E-state index contributed by atoms with van der Waals surface area (Å²) in [6.07, 6.45) is 5.00. The Labute approximate surface area is 123 Å². The third-order valence-corrected chi connectivity index (χ3v) is 4.73. The van der Waals surface area contributed by atoms with Gasteiger partial charge in [-0.15, -0.1) is 0 Å². The molecule has 4 heteroatoms. The summed E-state index contributed by atoms with van der Waals surface area (Å²) in [7, 11) is 0. The van der Waals surface area contributed by atoms with Crippen LogP contribution in [0.2, 0.25) is 0 Å². The van der Waals surface area contributed by atoms with Crippen molar-refractivity contribution in [2.75, 3.05) is 19.6 Å². The SMILES string of the molecule is Brc1cccc(C2(CNC3=NCCCN3)CCC2)c1. The van der Waals surface area contributed by atoms with Gasteiger partial charge < -0.3 is 10.6 Å². The number of aliphatic imine (C=N–C) groups is 1. The molecule has 0 atom stereocenters. The first-order chi connectivity index (χ1) is 9.28. The maximum Gasteiger partial charge on any atom is 0.191 e. The van der Waals surface area contributed by atoms with Crippen molar-refractivity contribution < 1.29 is 0 Å². The smallest absolute Gasteiger partial charge is 0.191 e. The number of guanidine groups is 1. The quantitative estimate of drug-likeness (QED) is 0.898. The van der Waals surface area contributed by atoms with Crippen LogP contribution in [0.1, 0.15) is 31.2 Å². The van der Waals surface area contributed by atoms with Crippen LogP contribution in [0.25, 0.3) is 0 Å². The molecule has 2 aliphatic rings. The van der Waals surface area contributed by atoms with E-state index in [4.69, 9.17) is 0 Å². The molecule has 1 fully saturated rings. The topological polar surface area (TPSA) is 36.4 Å². The number of halogens is 1. The van der Waals surface area contributed by atoms with E-state index in [1.165, 1.54) is 29.3 Å². The molecule has 1 aliphatic heterocycles. The van der Waals surface area contributed by atoms with Gasteiger partial charge in [0.2, 0.25) is 0 Å². The average molecular weight is 322 g/mol. The van der Waals surface area contributed by atoms with Crippen molar-refractivity contribution in [1.29, 1.82) is 0 Å². The lowest BCUT2D eigenvalue weighted by atomic mass is 9.64. The van der Waals surface area contributed by atoms with Gasteiger partial charge in [-0.05, 0) is 37.0 Å². The molecule has 1 aromatic carbocycles. The van der Waals surface area contributed by atoms with Gasteiger partial charge in [-0.25, -0.2) is 0 Å². The minimum absolute atomic E-state index is 0.297. The maximum atomic E-state index is 4.49. The Morgan fingerprint density at radius 1 is 1.32 bits per heavy atom. The van der Waals surface area contributed by atoms with Gasteiger partial charge in [0, 0.05) is 29.5 Å². The van der Waals surface area contributed by atoms with Crippen LogP contribution in [0.4, 0.5) is 0 Å². The third-order valence-electron chi connectivity index (χ3n) is 4.24. The van der Waals surface area contributed by atoms with E-state index in [9.17, 15) is 0 Å². The monoisotopic (exact) mass is 321 g/mol. The lowest BCUT2D eigenvalue weighted by Gasteiger charge is -2.43. The molecule has 0 spiro atoms. The Morgan fingerprint density at radius 3 is 2.84 bits per heavy atom. The van der Waals surface area contributed by atoms with Crippen LogP contribution < -0.4 is 10.6 Å². The van der Waals surface area contributed by atoms with Crippen molar-refractivity contribution in [1.82, 2.24) is 10.6 Å². The number of nitrogens with zero attached hydrogens (tertiary/aromatic N) is 1. The summed E-state index contributed by atoms with van der Waals surface area (Å²) in [6.45, 7) is 2.96. The molecule has 102 valence electrons. The maximum absolute atomic E-state index is 4.49. The van der Waals surface area contributed by atoms with E-state index in [0.29, 0.717) is 5.41 Å². The lowest BCUT2D eigenvalue weighted by Crippen LogP contribution is -2.50. The van der Waals surface area contributed by atoms with Crippen LogP contribution in [-0.4, -0.2) is 25.6 Å². The molecule has 0 amide bonds. The van der Waals surface area contributed by atoms with E-state index >= 15 is 0 Å². The molecule has 1 heterocycles. The first-order valence-corrected chi connectivity index (χ1v) is 7.86. The van der Waals surface area contributed by atoms with E-state index in [1.54, 1.807) is 0 Å². The van der Waals surface area contributed by atoms with Crippen molar-refractivity contribution in [2.24, 2.45) is 4.99 Å². The highest BCUT2D eigenvalue weighted by atomic mass is 79.9. The zero-order valence-corrected chi connectivity index (χ0v) is 12.7. The van der Waals surface area contributed by atoms with Gasteiger partial charge in [-0.2, -0.15) is 0 Å². The van der Waals surface area contributed by atoms with Gasteiger partial charge in [-0.1, -0.05) is 34.5 Å². The molecular formula is C15H20BrN3. The predicted octanol–water partition coefficient (Wildman–Crippen LogP) is 2.81. The fourth-order valence-electron chi connectivity index (χ4n) is 2.89. The standard InChI is InChI=1S/C15H20BrN3/c16-13-5-1-4-12(10-13)15(6-2-7-15)11-19-14-17-8-3-9-18-14/h1,4-5,10H,2-3,6-9,11H2,(H2,17,18,19). The van der Waals surface area contributed by atoms with Gasteiger partial charge in [0.1, 0.15) is 0 Å². The number of nitrogens with one attached hydrogen (secondary N) is 2. The second-order valence-corrected chi connectivity index (χ2v) is 6.42. The largest absolute Gasteiger partial charge is 0.356 e. The second kappa shape index (κ2) is 5.53. The van der Waals surface area contributed by atoms with Crippen LogP contribution >= 0.6 is 15.9 Å². The number of hydrogen-bond donors (Lipinski definition) is 2. The Morgan fingerprint density at radius 2 is 2.21 bits per heavy atom. The zero-order chi connectivity index (χ0) is 13.1. The molecule has 0 saturated heterocycles. The number of benzene rings is 1. The van der Waals surface area contributed by atoms with Crippen molar-refractivity contribution in [2.45, 2.75) is 31.1 Å². The summed E-state index contributed by atoms with van der Waals surface area (Å²) in [5.74, 6) is 0.979. The Balaban J connectivity index is 1.71. The van der Waals surface area contributed by atoms with Crippen molar-refractivity contribution in [3.05, 3.63) is 34.3 Å². The second-order valence-electron chi connectivity index (χ2n) is 5.51. The minimum atomic E-state index is 0.297. The fraction of sp³-hybridized carbons (Fsp3) is 0.533. The summed E-state index contributed by atoms with van der Waals surface area (Å²) >= 11 is 3.58. The van der Waals surface area contributed by atoms with Crippen molar-refractivity contribution >= 4 is 21.9 Å². The van der Waals surface area contributed by atoms with Crippen LogP contribution in [0, 0.1) is 0 Å². The fourth-order valence-corrected chi connectivity index (χ4v) is 3.29. The summed E-state index contributed by atoms with van der Waals surface area (Å²) in [6, 6.07) is 8.74. The Bertz CT molecular complexity index is 480. The van der Waals surface area contributed by atoms with Gasteiger partial charge in [0.25, 0.3) is 0 Å². The number of rotatable bonds is 3. The van der Waals surface area contributed by atoms with E-state index in [2.05, 4.69) is 55.8 Å². The molecule has 0 aromatic heterocycles. The molecule has 0 bridgehead atoms. The van der Waals surface area contributed by atoms with Crippen LogP contribution in [0.15, 0.2) is 33.7 Å². The van der Waals surface area contributed by atoms with E-state index in [1.807, 2.05) is 0 Å². The van der Waals surface area contributed by atoms with Crippen molar-refractivity contribution in [3.8, 4) is 0 Å². The normalized spacial score (nSPS) is 21.0. The molecule has 2 N–H and O–H groups in total. The Kier molecular flexibility index (Phi) is 3.78.